The first-order valence-corrected chi connectivity index (χ1v) is 7.31. The van der Waals surface area contributed by atoms with Gasteiger partial charge >= 0.3 is 0 Å². The number of piperidine rings is 1. The molecule has 2 aliphatic rings. The number of hydrogen-bond donors (Lipinski definition) is 1. The fourth-order valence-electron chi connectivity index (χ4n) is 2.64. The van der Waals surface area contributed by atoms with Crippen molar-refractivity contribution < 1.29 is 4.79 Å². The summed E-state index contributed by atoms with van der Waals surface area (Å²) in [6, 6.07) is 1.68. The second-order valence-electron chi connectivity index (χ2n) is 6.02. The summed E-state index contributed by atoms with van der Waals surface area (Å²) in [6.07, 6.45) is 4.71. The van der Waals surface area contributed by atoms with Gasteiger partial charge in [0.15, 0.2) is 0 Å². The van der Waals surface area contributed by atoms with E-state index in [-0.39, 0.29) is 5.91 Å². The third-order valence-electron chi connectivity index (χ3n) is 4.29. The third kappa shape index (κ3) is 3.69. The van der Waals surface area contributed by atoms with E-state index in [1.807, 2.05) is 11.9 Å². The molecular weight excluding hydrogens is 226 g/mol. The zero-order valence-corrected chi connectivity index (χ0v) is 12.0. The van der Waals surface area contributed by atoms with Crippen molar-refractivity contribution in [3.05, 3.63) is 0 Å². The van der Waals surface area contributed by atoms with Gasteiger partial charge < -0.3 is 15.1 Å². The van der Waals surface area contributed by atoms with E-state index in [0.29, 0.717) is 24.7 Å². The van der Waals surface area contributed by atoms with Gasteiger partial charge in [0.05, 0.1) is 6.54 Å². The standard InChI is InChI=1S/C14H27N3O/c1-11(2)17-8-6-13(7-9-17)16(3)14(18)10-15-12-4-5-12/h11-13,15H,4-10H2,1-3H3. The number of nitrogens with zero attached hydrogens (tertiary/aromatic N) is 2. The van der Waals surface area contributed by atoms with Gasteiger partial charge in [-0.3, -0.25) is 4.79 Å². The summed E-state index contributed by atoms with van der Waals surface area (Å²) in [4.78, 5) is 16.5. The van der Waals surface area contributed by atoms with Crippen molar-refractivity contribution in [1.82, 2.24) is 15.1 Å². The highest BCUT2D eigenvalue weighted by Crippen LogP contribution is 2.19. The quantitative estimate of drug-likeness (QED) is 0.796. The highest BCUT2D eigenvalue weighted by atomic mass is 16.2. The molecule has 0 unspecified atom stereocenters. The van der Waals surface area contributed by atoms with E-state index >= 15 is 0 Å². The molecular formula is C14H27N3O. The number of likely N-dealkylation sites (tertiary alicyclic amines) is 1. The predicted octanol–water partition coefficient (Wildman–Crippen LogP) is 1.07. The second-order valence-corrected chi connectivity index (χ2v) is 6.02. The summed E-state index contributed by atoms with van der Waals surface area (Å²) in [5.41, 5.74) is 0. The van der Waals surface area contributed by atoms with Crippen LogP contribution in [0.25, 0.3) is 0 Å². The average molecular weight is 253 g/mol. The van der Waals surface area contributed by atoms with Gasteiger partial charge in [-0.05, 0) is 39.5 Å². The Balaban J connectivity index is 1.71. The maximum atomic E-state index is 12.0. The van der Waals surface area contributed by atoms with Crippen LogP contribution in [-0.2, 0) is 4.79 Å². The van der Waals surface area contributed by atoms with Crippen LogP contribution in [0.15, 0.2) is 0 Å². The van der Waals surface area contributed by atoms with Crippen molar-refractivity contribution in [1.29, 1.82) is 0 Å². The van der Waals surface area contributed by atoms with Gasteiger partial charge in [-0.15, -0.1) is 0 Å². The zero-order chi connectivity index (χ0) is 13.1. The van der Waals surface area contributed by atoms with Crippen LogP contribution in [0.3, 0.4) is 0 Å². The van der Waals surface area contributed by atoms with Crippen LogP contribution in [0.1, 0.15) is 39.5 Å². The molecule has 1 amide bonds. The minimum Gasteiger partial charge on any atom is -0.342 e. The SMILES string of the molecule is CC(C)N1CCC(N(C)C(=O)CNC2CC2)CC1. The highest BCUT2D eigenvalue weighted by Gasteiger charge is 2.27. The van der Waals surface area contributed by atoms with Gasteiger partial charge in [0.2, 0.25) is 5.91 Å². The van der Waals surface area contributed by atoms with Crippen molar-refractivity contribution in [2.75, 3.05) is 26.7 Å². The molecule has 4 nitrogen and oxygen atoms in total. The Kier molecular flexibility index (Phi) is 4.62. The first kappa shape index (κ1) is 13.8. The van der Waals surface area contributed by atoms with Crippen LogP contribution in [0.5, 0.6) is 0 Å². The molecule has 2 rings (SSSR count). The lowest BCUT2D eigenvalue weighted by Crippen LogP contribution is -2.49. The second kappa shape index (κ2) is 6.02. The minimum atomic E-state index is 0.255. The fourth-order valence-corrected chi connectivity index (χ4v) is 2.64. The summed E-state index contributed by atoms with van der Waals surface area (Å²) in [5, 5.41) is 3.30. The van der Waals surface area contributed by atoms with Crippen molar-refractivity contribution in [2.45, 2.75) is 57.7 Å². The van der Waals surface area contributed by atoms with Crippen molar-refractivity contribution in [2.24, 2.45) is 0 Å². The van der Waals surface area contributed by atoms with Crippen molar-refractivity contribution in [3.8, 4) is 0 Å². The summed E-state index contributed by atoms with van der Waals surface area (Å²) in [5.74, 6) is 0.255. The van der Waals surface area contributed by atoms with Crippen LogP contribution in [0.2, 0.25) is 0 Å². The van der Waals surface area contributed by atoms with Crippen molar-refractivity contribution >= 4 is 5.91 Å². The number of amides is 1. The Labute approximate surface area is 111 Å². The number of hydrogen-bond acceptors (Lipinski definition) is 3. The largest absolute Gasteiger partial charge is 0.342 e. The molecule has 4 heteroatoms. The Bertz CT molecular complexity index is 281. The van der Waals surface area contributed by atoms with Crippen molar-refractivity contribution in [3.63, 3.8) is 0 Å². The Morgan fingerprint density at radius 1 is 1.28 bits per heavy atom. The van der Waals surface area contributed by atoms with Gasteiger partial charge in [0.1, 0.15) is 0 Å². The first-order valence-electron chi connectivity index (χ1n) is 7.31. The molecule has 104 valence electrons. The van der Waals surface area contributed by atoms with Gasteiger partial charge in [-0.2, -0.15) is 0 Å². The molecule has 0 aromatic rings. The molecule has 2 fully saturated rings. The van der Waals surface area contributed by atoms with Gasteiger partial charge in [-0.1, -0.05) is 0 Å². The number of nitrogens with one attached hydrogen (secondary N) is 1. The number of carbonyl (C=O) groups excluding carboxylic acids is 1. The van der Waals surface area contributed by atoms with E-state index < -0.39 is 0 Å². The average Bonchev–Trinajstić information content (AvgIpc) is 3.19. The van der Waals surface area contributed by atoms with Crippen LogP contribution < -0.4 is 5.32 Å². The first-order chi connectivity index (χ1) is 8.58. The Hall–Kier alpha value is -0.610. The summed E-state index contributed by atoms with van der Waals surface area (Å²) >= 11 is 0. The fraction of sp³-hybridized carbons (Fsp3) is 0.929. The van der Waals surface area contributed by atoms with E-state index in [1.54, 1.807) is 0 Å². The molecule has 0 radical (unpaired) electrons. The van der Waals surface area contributed by atoms with E-state index in [2.05, 4.69) is 24.1 Å². The Morgan fingerprint density at radius 2 is 1.89 bits per heavy atom. The third-order valence-corrected chi connectivity index (χ3v) is 4.29. The van der Waals surface area contributed by atoms with Gasteiger partial charge in [-0.25, -0.2) is 0 Å². The lowest BCUT2D eigenvalue weighted by atomic mass is 10.0. The van der Waals surface area contributed by atoms with E-state index in [4.69, 9.17) is 0 Å². The molecule has 18 heavy (non-hydrogen) atoms. The number of likely N-dealkylation sites (N-methyl/N-ethyl adjacent to an activating group) is 1. The number of rotatable bonds is 5. The Morgan fingerprint density at radius 3 is 2.39 bits per heavy atom. The van der Waals surface area contributed by atoms with Gasteiger partial charge in [0, 0.05) is 38.3 Å². The summed E-state index contributed by atoms with van der Waals surface area (Å²) < 4.78 is 0. The molecule has 1 N–H and O–H groups in total. The van der Waals surface area contributed by atoms with E-state index in [1.165, 1.54) is 12.8 Å². The topological polar surface area (TPSA) is 35.6 Å². The van der Waals surface area contributed by atoms with Crippen LogP contribution in [-0.4, -0.2) is 60.5 Å². The molecule has 0 atom stereocenters. The molecule has 1 saturated heterocycles. The molecule has 1 heterocycles. The maximum absolute atomic E-state index is 12.0. The van der Waals surface area contributed by atoms with E-state index in [9.17, 15) is 4.79 Å². The summed E-state index contributed by atoms with van der Waals surface area (Å²) in [6.45, 7) is 7.25. The molecule has 1 aliphatic carbocycles. The monoisotopic (exact) mass is 253 g/mol. The van der Waals surface area contributed by atoms with Crippen LogP contribution in [0, 0.1) is 0 Å². The smallest absolute Gasteiger partial charge is 0.236 e. The molecule has 0 aromatic heterocycles. The zero-order valence-electron chi connectivity index (χ0n) is 12.0. The maximum Gasteiger partial charge on any atom is 0.236 e. The number of carbonyl (C=O) groups is 1. The molecule has 1 saturated carbocycles. The highest BCUT2D eigenvalue weighted by molar-refractivity contribution is 5.78. The molecule has 1 aliphatic heterocycles. The molecule has 0 spiro atoms. The van der Waals surface area contributed by atoms with Gasteiger partial charge in [0.25, 0.3) is 0 Å². The normalized spacial score (nSPS) is 22.4. The molecule has 0 bridgehead atoms. The molecule has 0 aromatic carbocycles. The minimum absolute atomic E-state index is 0.255. The lowest BCUT2D eigenvalue weighted by molar-refractivity contribution is -0.132. The summed E-state index contributed by atoms with van der Waals surface area (Å²) in [7, 11) is 1.96. The predicted molar refractivity (Wildman–Crippen MR) is 73.5 cm³/mol. The van der Waals surface area contributed by atoms with E-state index in [0.717, 1.165) is 25.9 Å². The van der Waals surface area contributed by atoms with Crippen LogP contribution >= 0.6 is 0 Å². The lowest BCUT2D eigenvalue weighted by Gasteiger charge is -2.38. The van der Waals surface area contributed by atoms with Crippen LogP contribution in [0.4, 0.5) is 0 Å².